The lowest BCUT2D eigenvalue weighted by Crippen LogP contribution is -2.24. The van der Waals surface area contributed by atoms with Crippen molar-refractivity contribution in [2.75, 3.05) is 11.9 Å². The second kappa shape index (κ2) is 5.13. The molecule has 0 aliphatic rings. The van der Waals surface area contributed by atoms with E-state index in [2.05, 4.69) is 15.9 Å². The molecule has 0 radical (unpaired) electrons. The van der Waals surface area contributed by atoms with Crippen LogP contribution in [-0.4, -0.2) is 13.0 Å². The summed E-state index contributed by atoms with van der Waals surface area (Å²) >= 11 is 4.82. The number of carbonyl (C=O) groups is 1. The summed E-state index contributed by atoms with van der Waals surface area (Å²) in [6.45, 7) is 0. The number of amides is 1. The predicted octanol–water partition coefficient (Wildman–Crippen LogP) is 2.78. The molecule has 0 aromatic carbocycles. The van der Waals surface area contributed by atoms with Crippen molar-refractivity contribution in [3.8, 4) is 6.07 Å². The van der Waals surface area contributed by atoms with Crippen LogP contribution in [0.3, 0.4) is 0 Å². The molecule has 0 unspecified atom stereocenters. The highest BCUT2D eigenvalue weighted by Crippen LogP contribution is 2.27. The lowest BCUT2D eigenvalue weighted by Gasteiger charge is -2.13. The molecule has 3 nitrogen and oxygen atoms in total. The zero-order valence-corrected chi connectivity index (χ0v) is 10.1. The number of nitriles is 1. The van der Waals surface area contributed by atoms with E-state index in [1.165, 1.54) is 11.3 Å². The first-order valence-corrected chi connectivity index (χ1v) is 5.70. The Labute approximate surface area is 95.1 Å². The molecular weight excluding hydrogens is 264 g/mol. The van der Waals surface area contributed by atoms with Crippen molar-refractivity contribution in [3.63, 3.8) is 0 Å². The van der Waals surface area contributed by atoms with Gasteiger partial charge < -0.3 is 4.90 Å². The summed E-state index contributed by atoms with van der Waals surface area (Å²) < 4.78 is 0.970. The van der Waals surface area contributed by atoms with Gasteiger partial charge in [0, 0.05) is 29.7 Å². The second-order valence-corrected chi connectivity index (χ2v) is 4.52. The highest BCUT2D eigenvalue weighted by atomic mass is 79.9. The third-order valence-electron chi connectivity index (χ3n) is 1.71. The lowest BCUT2D eigenvalue weighted by molar-refractivity contribution is -0.118. The summed E-state index contributed by atoms with van der Waals surface area (Å²) in [6.07, 6.45) is 0.554. The fourth-order valence-corrected chi connectivity index (χ4v) is 2.34. The molecule has 0 aliphatic heterocycles. The Morgan fingerprint density at radius 2 is 2.50 bits per heavy atom. The van der Waals surface area contributed by atoms with E-state index in [0.717, 1.165) is 9.47 Å². The van der Waals surface area contributed by atoms with Crippen LogP contribution in [0.25, 0.3) is 0 Å². The monoisotopic (exact) mass is 272 g/mol. The van der Waals surface area contributed by atoms with Gasteiger partial charge in [0.05, 0.1) is 11.1 Å². The molecule has 1 heterocycles. The summed E-state index contributed by atoms with van der Waals surface area (Å²) in [5, 5.41) is 11.2. The van der Waals surface area contributed by atoms with E-state index in [0.29, 0.717) is 0 Å². The Morgan fingerprint density at radius 1 is 1.79 bits per heavy atom. The van der Waals surface area contributed by atoms with E-state index >= 15 is 0 Å². The third-order valence-corrected chi connectivity index (χ3v) is 3.47. The van der Waals surface area contributed by atoms with Gasteiger partial charge >= 0.3 is 0 Å². The van der Waals surface area contributed by atoms with Crippen molar-refractivity contribution in [2.45, 2.75) is 12.8 Å². The maximum atomic E-state index is 11.5. The Balaban J connectivity index is 2.62. The molecule has 0 spiro atoms. The molecular formula is C9H9BrN2OS. The van der Waals surface area contributed by atoms with Gasteiger partial charge in [0.1, 0.15) is 0 Å². The minimum absolute atomic E-state index is 0.0269. The number of nitrogens with zero attached hydrogens (tertiary/aromatic N) is 2. The molecule has 0 aliphatic carbocycles. The van der Waals surface area contributed by atoms with E-state index in [1.807, 2.05) is 17.5 Å². The van der Waals surface area contributed by atoms with Crippen molar-refractivity contribution < 1.29 is 4.79 Å². The Kier molecular flexibility index (Phi) is 4.11. The van der Waals surface area contributed by atoms with Gasteiger partial charge in [0.15, 0.2) is 0 Å². The molecule has 14 heavy (non-hydrogen) atoms. The van der Waals surface area contributed by atoms with Gasteiger partial charge in [-0.15, -0.1) is 11.3 Å². The molecule has 0 N–H and O–H groups in total. The average Bonchev–Trinajstić information content (AvgIpc) is 2.60. The van der Waals surface area contributed by atoms with Crippen molar-refractivity contribution >= 4 is 38.2 Å². The average molecular weight is 273 g/mol. The number of anilines is 1. The van der Waals surface area contributed by atoms with Gasteiger partial charge in [0.25, 0.3) is 0 Å². The first-order chi connectivity index (χ1) is 6.65. The summed E-state index contributed by atoms with van der Waals surface area (Å²) in [5.74, 6) is -0.0269. The maximum Gasteiger partial charge on any atom is 0.228 e. The topological polar surface area (TPSA) is 44.1 Å². The highest BCUT2D eigenvalue weighted by molar-refractivity contribution is 9.10. The van der Waals surface area contributed by atoms with Crippen molar-refractivity contribution in [1.82, 2.24) is 0 Å². The van der Waals surface area contributed by atoms with Gasteiger partial charge in [-0.25, -0.2) is 0 Å². The van der Waals surface area contributed by atoms with Crippen LogP contribution in [0.15, 0.2) is 15.9 Å². The van der Waals surface area contributed by atoms with E-state index in [-0.39, 0.29) is 18.7 Å². The zero-order chi connectivity index (χ0) is 10.6. The molecule has 0 saturated heterocycles. The SMILES string of the molecule is CN(C(=O)CCC#N)c1cc(Br)cs1. The van der Waals surface area contributed by atoms with Crippen LogP contribution in [0.2, 0.25) is 0 Å². The van der Waals surface area contributed by atoms with Gasteiger partial charge in [-0.2, -0.15) is 5.26 Å². The molecule has 0 atom stereocenters. The molecule has 0 bridgehead atoms. The van der Waals surface area contributed by atoms with Crippen molar-refractivity contribution in [1.29, 1.82) is 5.26 Å². The lowest BCUT2D eigenvalue weighted by atomic mass is 10.3. The second-order valence-electron chi connectivity index (χ2n) is 2.71. The van der Waals surface area contributed by atoms with Crippen LogP contribution in [0.5, 0.6) is 0 Å². The molecule has 5 heteroatoms. The van der Waals surface area contributed by atoms with E-state index < -0.39 is 0 Å². The predicted molar refractivity (Wildman–Crippen MR) is 60.3 cm³/mol. The maximum absolute atomic E-state index is 11.5. The van der Waals surface area contributed by atoms with Gasteiger partial charge in [-0.05, 0) is 22.0 Å². The smallest absolute Gasteiger partial charge is 0.228 e. The van der Waals surface area contributed by atoms with E-state index in [4.69, 9.17) is 5.26 Å². The molecule has 1 aromatic heterocycles. The molecule has 1 aromatic rings. The minimum atomic E-state index is -0.0269. The van der Waals surface area contributed by atoms with Crippen LogP contribution in [0, 0.1) is 11.3 Å². The molecule has 1 rings (SSSR count). The number of thiophene rings is 1. The molecule has 1 amide bonds. The van der Waals surface area contributed by atoms with Gasteiger partial charge in [-0.3, -0.25) is 4.79 Å². The number of hydrogen-bond donors (Lipinski definition) is 0. The fraction of sp³-hybridized carbons (Fsp3) is 0.333. The van der Waals surface area contributed by atoms with E-state index in [1.54, 1.807) is 11.9 Å². The largest absolute Gasteiger partial charge is 0.307 e. The van der Waals surface area contributed by atoms with E-state index in [9.17, 15) is 4.79 Å². The summed E-state index contributed by atoms with van der Waals surface area (Å²) in [5.41, 5.74) is 0. The van der Waals surface area contributed by atoms with Gasteiger partial charge in [0.2, 0.25) is 5.91 Å². The number of halogens is 1. The Morgan fingerprint density at radius 3 is 3.00 bits per heavy atom. The molecule has 74 valence electrons. The first-order valence-electron chi connectivity index (χ1n) is 4.02. The number of rotatable bonds is 3. The number of hydrogen-bond acceptors (Lipinski definition) is 3. The van der Waals surface area contributed by atoms with Crippen LogP contribution >= 0.6 is 27.3 Å². The quantitative estimate of drug-likeness (QED) is 0.850. The van der Waals surface area contributed by atoms with Crippen LogP contribution in [-0.2, 0) is 4.79 Å². The fourth-order valence-electron chi connectivity index (χ4n) is 0.932. The summed E-state index contributed by atoms with van der Waals surface area (Å²) in [7, 11) is 1.72. The summed E-state index contributed by atoms with van der Waals surface area (Å²) in [4.78, 5) is 13.1. The van der Waals surface area contributed by atoms with Crippen molar-refractivity contribution in [3.05, 3.63) is 15.9 Å². The van der Waals surface area contributed by atoms with Gasteiger partial charge in [-0.1, -0.05) is 0 Å². The summed E-state index contributed by atoms with van der Waals surface area (Å²) in [6, 6.07) is 3.84. The zero-order valence-electron chi connectivity index (χ0n) is 7.66. The normalized spacial score (nSPS) is 9.50. The number of carbonyl (C=O) groups excluding carboxylic acids is 1. The third kappa shape index (κ3) is 2.82. The van der Waals surface area contributed by atoms with Crippen molar-refractivity contribution in [2.24, 2.45) is 0 Å². The minimum Gasteiger partial charge on any atom is -0.307 e. The molecule has 0 fully saturated rings. The Bertz CT molecular complexity index is 369. The highest BCUT2D eigenvalue weighted by Gasteiger charge is 2.11. The molecule has 0 saturated carbocycles. The van der Waals surface area contributed by atoms with Crippen LogP contribution in [0.1, 0.15) is 12.8 Å². The standard InChI is InChI=1S/C9H9BrN2OS/c1-12(8(13)3-2-4-11)9-5-7(10)6-14-9/h5-6H,2-3H2,1H3. The first kappa shape index (κ1) is 11.2. The van der Waals surface area contributed by atoms with Crippen LogP contribution in [0.4, 0.5) is 5.00 Å². The Hall–Kier alpha value is -0.860. The van der Waals surface area contributed by atoms with Crippen LogP contribution < -0.4 is 4.90 Å².